The van der Waals surface area contributed by atoms with E-state index in [1.165, 1.54) is 18.2 Å². The lowest BCUT2D eigenvalue weighted by Crippen LogP contribution is -2.24. The van der Waals surface area contributed by atoms with Crippen LogP contribution in [-0.2, 0) is 0 Å². The lowest BCUT2D eigenvalue weighted by molar-refractivity contribution is 0.0961. The van der Waals surface area contributed by atoms with E-state index in [1.54, 1.807) is 12.1 Å². The Bertz CT molecular complexity index is 973. The topological polar surface area (TPSA) is 80.9 Å². The minimum atomic E-state index is -0.531. The van der Waals surface area contributed by atoms with Crippen LogP contribution in [0.5, 0.6) is 0 Å². The normalized spacial score (nSPS) is 11.0. The van der Waals surface area contributed by atoms with Crippen LogP contribution in [-0.4, -0.2) is 15.5 Å². The number of aromatic nitrogens is 2. The summed E-state index contributed by atoms with van der Waals surface area (Å²) in [5.74, 6) is -0.502. The SMILES string of the molecule is Cc1cc2[nH]c(=O)n(C(=O)c3ccc(Cl)c(Cl)c3)c2cc1N. The minimum absolute atomic E-state index is 0.246. The molecule has 0 aliphatic rings. The molecular formula is C15H11Cl2N3O2. The Balaban J connectivity index is 2.23. The quantitative estimate of drug-likeness (QED) is 0.670. The molecule has 0 spiro atoms. The summed E-state index contributed by atoms with van der Waals surface area (Å²) < 4.78 is 1.03. The molecule has 1 heterocycles. The molecule has 5 nitrogen and oxygen atoms in total. The molecule has 22 heavy (non-hydrogen) atoms. The summed E-state index contributed by atoms with van der Waals surface area (Å²) in [5, 5.41) is 0.583. The van der Waals surface area contributed by atoms with Gasteiger partial charge in [0, 0.05) is 11.3 Å². The molecule has 0 saturated carbocycles. The van der Waals surface area contributed by atoms with Gasteiger partial charge in [-0.3, -0.25) is 4.79 Å². The molecule has 3 N–H and O–H groups in total. The largest absolute Gasteiger partial charge is 0.398 e. The highest BCUT2D eigenvalue weighted by Crippen LogP contribution is 2.24. The number of fused-ring (bicyclic) bond motifs is 1. The van der Waals surface area contributed by atoms with E-state index >= 15 is 0 Å². The van der Waals surface area contributed by atoms with Crippen LogP contribution >= 0.6 is 23.2 Å². The Hall–Kier alpha value is -2.24. The zero-order valence-electron chi connectivity index (χ0n) is 11.5. The van der Waals surface area contributed by atoms with Crippen LogP contribution in [0.15, 0.2) is 35.1 Å². The fraction of sp³-hybridized carbons (Fsp3) is 0.0667. The van der Waals surface area contributed by atoms with Gasteiger partial charge in [-0.15, -0.1) is 0 Å². The van der Waals surface area contributed by atoms with Gasteiger partial charge in [-0.05, 0) is 42.8 Å². The molecule has 0 radical (unpaired) electrons. The smallest absolute Gasteiger partial charge is 0.333 e. The van der Waals surface area contributed by atoms with E-state index in [-0.39, 0.29) is 10.6 Å². The molecule has 0 aliphatic heterocycles. The third-order valence-corrected chi connectivity index (χ3v) is 4.18. The summed E-state index contributed by atoms with van der Waals surface area (Å²) in [6, 6.07) is 7.77. The van der Waals surface area contributed by atoms with Crippen molar-refractivity contribution < 1.29 is 4.79 Å². The Morgan fingerprint density at radius 2 is 1.91 bits per heavy atom. The second-order valence-corrected chi connectivity index (χ2v) is 5.74. The van der Waals surface area contributed by atoms with Gasteiger partial charge < -0.3 is 10.7 Å². The first kappa shape index (κ1) is 14.7. The molecule has 7 heteroatoms. The molecule has 0 atom stereocenters. The van der Waals surface area contributed by atoms with E-state index in [0.29, 0.717) is 21.7 Å². The molecule has 0 fully saturated rings. The summed E-state index contributed by atoms with van der Waals surface area (Å²) in [5.41, 5.74) is 7.89. The number of nitrogens with zero attached hydrogens (tertiary/aromatic N) is 1. The second kappa shape index (κ2) is 5.19. The number of carbonyl (C=O) groups excluding carboxylic acids is 1. The van der Waals surface area contributed by atoms with Crippen LogP contribution in [0.25, 0.3) is 11.0 Å². The molecule has 112 valence electrons. The van der Waals surface area contributed by atoms with Crippen molar-refractivity contribution in [3.05, 3.63) is 62.0 Å². The number of carbonyl (C=O) groups is 1. The molecule has 0 unspecified atom stereocenters. The number of nitrogens with two attached hydrogens (primary N) is 1. The van der Waals surface area contributed by atoms with Crippen LogP contribution in [0, 0.1) is 6.92 Å². The maximum atomic E-state index is 12.6. The molecular weight excluding hydrogens is 325 g/mol. The van der Waals surface area contributed by atoms with Crippen molar-refractivity contribution in [3.8, 4) is 0 Å². The molecule has 2 aromatic carbocycles. The Labute approximate surface area is 135 Å². The Morgan fingerprint density at radius 3 is 2.59 bits per heavy atom. The van der Waals surface area contributed by atoms with E-state index in [1.807, 2.05) is 6.92 Å². The highest BCUT2D eigenvalue weighted by Gasteiger charge is 2.17. The van der Waals surface area contributed by atoms with E-state index < -0.39 is 11.6 Å². The first-order chi connectivity index (χ1) is 10.4. The van der Waals surface area contributed by atoms with Crippen LogP contribution in [0.2, 0.25) is 10.0 Å². The van der Waals surface area contributed by atoms with Crippen LogP contribution in [0.3, 0.4) is 0 Å². The predicted molar refractivity (Wildman–Crippen MR) is 87.9 cm³/mol. The van der Waals surface area contributed by atoms with Gasteiger partial charge >= 0.3 is 5.69 Å². The zero-order chi connectivity index (χ0) is 16.0. The standard InChI is InChI=1S/C15H11Cl2N3O2/c1-7-4-12-13(6-11(7)18)20(15(22)19-12)14(21)8-2-3-9(16)10(17)5-8/h2-6H,18H2,1H3,(H,19,22). The number of halogens is 2. The maximum Gasteiger partial charge on any atom is 0.333 e. The predicted octanol–water partition coefficient (Wildman–Crippen LogP) is 3.22. The number of anilines is 1. The lowest BCUT2D eigenvalue weighted by Gasteiger charge is -2.05. The summed E-state index contributed by atoms with van der Waals surface area (Å²) in [4.78, 5) is 27.4. The van der Waals surface area contributed by atoms with Crippen LogP contribution < -0.4 is 11.4 Å². The first-order valence-corrected chi connectivity index (χ1v) is 7.14. The van der Waals surface area contributed by atoms with Gasteiger partial charge in [0.1, 0.15) is 0 Å². The van der Waals surface area contributed by atoms with Gasteiger partial charge in [-0.2, -0.15) is 0 Å². The van der Waals surface area contributed by atoms with Gasteiger partial charge in [-0.1, -0.05) is 23.2 Å². The van der Waals surface area contributed by atoms with Crippen molar-refractivity contribution >= 4 is 45.8 Å². The van der Waals surface area contributed by atoms with Gasteiger partial charge in [0.15, 0.2) is 0 Å². The van der Waals surface area contributed by atoms with E-state index in [2.05, 4.69) is 4.98 Å². The van der Waals surface area contributed by atoms with Gasteiger partial charge in [0.05, 0.1) is 21.1 Å². The number of nitrogens with one attached hydrogen (secondary N) is 1. The fourth-order valence-corrected chi connectivity index (χ4v) is 2.54. The van der Waals surface area contributed by atoms with Crippen molar-refractivity contribution in [2.45, 2.75) is 6.92 Å². The first-order valence-electron chi connectivity index (χ1n) is 6.39. The summed E-state index contributed by atoms with van der Waals surface area (Å²) >= 11 is 11.8. The molecule has 1 aromatic heterocycles. The van der Waals surface area contributed by atoms with Crippen molar-refractivity contribution in [3.63, 3.8) is 0 Å². The number of aryl methyl sites for hydroxylation is 1. The average molecular weight is 336 g/mol. The number of rotatable bonds is 1. The summed E-state index contributed by atoms with van der Waals surface area (Å²) in [6.45, 7) is 1.82. The molecule has 0 saturated heterocycles. The minimum Gasteiger partial charge on any atom is -0.398 e. The van der Waals surface area contributed by atoms with Crippen molar-refractivity contribution in [1.29, 1.82) is 0 Å². The molecule has 0 aliphatic carbocycles. The number of imidazole rings is 1. The van der Waals surface area contributed by atoms with E-state index in [9.17, 15) is 9.59 Å². The molecule has 3 aromatic rings. The molecule has 0 bridgehead atoms. The van der Waals surface area contributed by atoms with Gasteiger partial charge in [-0.25, -0.2) is 9.36 Å². The van der Waals surface area contributed by atoms with Crippen LogP contribution in [0.4, 0.5) is 5.69 Å². The van der Waals surface area contributed by atoms with E-state index in [0.717, 1.165) is 10.1 Å². The summed E-state index contributed by atoms with van der Waals surface area (Å²) in [6.07, 6.45) is 0. The highest BCUT2D eigenvalue weighted by molar-refractivity contribution is 6.42. The number of benzene rings is 2. The second-order valence-electron chi connectivity index (χ2n) is 4.93. The van der Waals surface area contributed by atoms with Crippen molar-refractivity contribution in [1.82, 2.24) is 9.55 Å². The van der Waals surface area contributed by atoms with Crippen molar-refractivity contribution in [2.75, 3.05) is 5.73 Å². The van der Waals surface area contributed by atoms with Gasteiger partial charge in [0.2, 0.25) is 0 Å². The molecule has 3 rings (SSSR count). The van der Waals surface area contributed by atoms with Crippen LogP contribution in [0.1, 0.15) is 15.9 Å². The maximum absolute atomic E-state index is 12.6. The highest BCUT2D eigenvalue weighted by atomic mass is 35.5. The summed E-state index contributed by atoms with van der Waals surface area (Å²) in [7, 11) is 0. The number of H-pyrrole nitrogens is 1. The Kier molecular flexibility index (Phi) is 3.47. The third kappa shape index (κ3) is 2.28. The monoisotopic (exact) mass is 335 g/mol. The number of hydrogen-bond acceptors (Lipinski definition) is 3. The average Bonchev–Trinajstić information content (AvgIpc) is 2.77. The Morgan fingerprint density at radius 1 is 1.18 bits per heavy atom. The number of hydrogen-bond donors (Lipinski definition) is 2. The van der Waals surface area contributed by atoms with Gasteiger partial charge in [0.25, 0.3) is 5.91 Å². The lowest BCUT2D eigenvalue weighted by atomic mass is 10.1. The van der Waals surface area contributed by atoms with E-state index in [4.69, 9.17) is 28.9 Å². The molecule has 0 amide bonds. The fourth-order valence-electron chi connectivity index (χ4n) is 2.24. The van der Waals surface area contributed by atoms with Crippen molar-refractivity contribution in [2.24, 2.45) is 0 Å². The number of nitrogen functional groups attached to an aromatic ring is 1. The third-order valence-electron chi connectivity index (χ3n) is 3.44. The zero-order valence-corrected chi connectivity index (χ0v) is 13.0. The number of aromatic amines is 1.